The van der Waals surface area contributed by atoms with Gasteiger partial charge in [-0.1, -0.05) is 18.2 Å². The van der Waals surface area contributed by atoms with E-state index >= 15 is 0 Å². The molecule has 9 nitrogen and oxygen atoms in total. The van der Waals surface area contributed by atoms with E-state index in [1.54, 1.807) is 31.4 Å². The zero-order chi connectivity index (χ0) is 24.1. The zero-order valence-corrected chi connectivity index (χ0v) is 20.4. The van der Waals surface area contributed by atoms with Crippen LogP contribution in [0, 0.1) is 0 Å². The number of esters is 1. The molecule has 3 heterocycles. The van der Waals surface area contributed by atoms with E-state index in [-0.39, 0.29) is 0 Å². The molecule has 0 bridgehead atoms. The van der Waals surface area contributed by atoms with Gasteiger partial charge >= 0.3 is 5.97 Å². The molecule has 34 heavy (non-hydrogen) atoms. The van der Waals surface area contributed by atoms with Crippen LogP contribution < -0.4 is 0 Å². The van der Waals surface area contributed by atoms with Crippen LogP contribution in [0.15, 0.2) is 30.3 Å². The standard InChI is InChI=1S/C25H34O9/c1-23(2)30-17-16(29-22(26)15-9-7-6-8-10-15)18-20(33-24(3,4)31-18)21(19(17)32-23)34-25(27-5)11-13-28-14-12-25/h6-10,16-21H,11-14H2,1-5H3. The number of hydrogen-bond donors (Lipinski definition) is 0. The molecule has 0 amide bonds. The molecule has 4 atom stereocenters. The van der Waals surface area contributed by atoms with E-state index in [2.05, 4.69) is 0 Å². The Morgan fingerprint density at radius 1 is 0.824 bits per heavy atom. The van der Waals surface area contributed by atoms with Gasteiger partial charge in [0.2, 0.25) is 0 Å². The Morgan fingerprint density at radius 2 is 1.32 bits per heavy atom. The lowest BCUT2D eigenvalue weighted by molar-refractivity contribution is -0.313. The van der Waals surface area contributed by atoms with Gasteiger partial charge in [-0.15, -0.1) is 0 Å². The lowest BCUT2D eigenvalue weighted by Crippen LogP contribution is -2.65. The minimum Gasteiger partial charge on any atom is -0.453 e. The number of benzene rings is 1. The first-order chi connectivity index (χ1) is 16.1. The first-order valence-corrected chi connectivity index (χ1v) is 11.9. The Balaban J connectivity index is 1.48. The largest absolute Gasteiger partial charge is 0.453 e. The van der Waals surface area contributed by atoms with Crippen molar-refractivity contribution in [1.29, 1.82) is 0 Å². The summed E-state index contributed by atoms with van der Waals surface area (Å²) < 4.78 is 49.3. The average Bonchev–Trinajstić information content (AvgIpc) is 3.31. The number of hydrogen-bond acceptors (Lipinski definition) is 9. The van der Waals surface area contributed by atoms with Gasteiger partial charge in [0.15, 0.2) is 23.5 Å². The van der Waals surface area contributed by atoms with Crippen molar-refractivity contribution in [3.8, 4) is 0 Å². The first kappa shape index (κ1) is 24.1. The smallest absolute Gasteiger partial charge is 0.338 e. The van der Waals surface area contributed by atoms with Crippen molar-refractivity contribution in [2.24, 2.45) is 0 Å². The van der Waals surface area contributed by atoms with Crippen molar-refractivity contribution >= 4 is 5.97 Å². The quantitative estimate of drug-likeness (QED) is 0.468. The van der Waals surface area contributed by atoms with Crippen molar-refractivity contribution in [1.82, 2.24) is 0 Å². The SMILES string of the molecule is COC1(OC2C3OC(C)(C)OC3C(OC(=O)c3ccccc3)C3OC(C)(C)OC32)CCOCC1. The highest BCUT2D eigenvalue weighted by Gasteiger charge is 2.66. The minimum atomic E-state index is -0.904. The molecule has 4 aliphatic rings. The summed E-state index contributed by atoms with van der Waals surface area (Å²) in [6.45, 7) is 8.40. The van der Waals surface area contributed by atoms with Gasteiger partial charge in [0.1, 0.15) is 30.5 Å². The van der Waals surface area contributed by atoms with E-state index in [0.29, 0.717) is 31.6 Å². The summed E-state index contributed by atoms with van der Waals surface area (Å²) in [7, 11) is 1.64. The van der Waals surface area contributed by atoms with Gasteiger partial charge in [-0.3, -0.25) is 0 Å². The van der Waals surface area contributed by atoms with E-state index in [1.165, 1.54) is 0 Å². The van der Waals surface area contributed by atoms with Gasteiger partial charge in [-0.05, 0) is 39.8 Å². The van der Waals surface area contributed by atoms with Crippen molar-refractivity contribution in [2.45, 2.75) is 94.5 Å². The summed E-state index contributed by atoms with van der Waals surface area (Å²) in [4.78, 5) is 13.0. The molecular weight excluding hydrogens is 444 g/mol. The van der Waals surface area contributed by atoms with Gasteiger partial charge in [0.05, 0.1) is 18.8 Å². The normalized spacial score (nSPS) is 37.6. The fourth-order valence-corrected chi connectivity index (χ4v) is 5.36. The number of ether oxygens (including phenoxy) is 8. The van der Waals surface area contributed by atoms with E-state index in [4.69, 9.17) is 37.9 Å². The van der Waals surface area contributed by atoms with Crippen LogP contribution >= 0.6 is 0 Å². The molecule has 1 saturated carbocycles. The number of carbonyl (C=O) groups is 1. The van der Waals surface area contributed by atoms with Crippen molar-refractivity contribution in [3.63, 3.8) is 0 Å². The summed E-state index contributed by atoms with van der Waals surface area (Å²) >= 11 is 0. The molecule has 0 spiro atoms. The van der Waals surface area contributed by atoms with Gasteiger partial charge < -0.3 is 37.9 Å². The number of rotatable bonds is 5. The minimum absolute atomic E-state index is 0.450. The molecule has 0 aromatic heterocycles. The highest BCUT2D eigenvalue weighted by molar-refractivity contribution is 5.89. The van der Waals surface area contributed by atoms with Crippen LogP contribution in [0.5, 0.6) is 0 Å². The Morgan fingerprint density at radius 3 is 1.82 bits per heavy atom. The maximum absolute atomic E-state index is 13.0. The average molecular weight is 479 g/mol. The molecule has 0 N–H and O–H groups in total. The molecule has 3 aliphatic heterocycles. The second kappa shape index (κ2) is 8.81. The van der Waals surface area contributed by atoms with Crippen LogP contribution in [0.1, 0.15) is 50.9 Å². The molecular formula is C25H34O9. The summed E-state index contributed by atoms with van der Waals surface area (Å²) in [6.07, 6.45) is -2.50. The lowest BCUT2D eigenvalue weighted by Gasteiger charge is -2.46. The van der Waals surface area contributed by atoms with Crippen LogP contribution in [0.25, 0.3) is 0 Å². The predicted octanol–water partition coefficient (Wildman–Crippen LogP) is 2.80. The van der Waals surface area contributed by atoms with E-state index in [9.17, 15) is 4.79 Å². The van der Waals surface area contributed by atoms with Gasteiger partial charge in [0.25, 0.3) is 0 Å². The van der Waals surface area contributed by atoms with Crippen molar-refractivity contribution in [3.05, 3.63) is 35.9 Å². The molecule has 188 valence electrons. The molecule has 1 aromatic carbocycles. The fourth-order valence-electron chi connectivity index (χ4n) is 5.36. The second-order valence-electron chi connectivity index (χ2n) is 10.2. The fraction of sp³-hybridized carbons (Fsp3) is 0.720. The molecule has 3 saturated heterocycles. The maximum Gasteiger partial charge on any atom is 0.338 e. The molecule has 4 fully saturated rings. The first-order valence-electron chi connectivity index (χ1n) is 11.9. The second-order valence-corrected chi connectivity index (χ2v) is 10.2. The molecule has 5 rings (SSSR count). The van der Waals surface area contributed by atoms with Crippen LogP contribution in [-0.4, -0.2) is 80.3 Å². The van der Waals surface area contributed by atoms with Gasteiger partial charge in [0, 0.05) is 20.0 Å². The Kier molecular flexibility index (Phi) is 6.25. The summed E-state index contributed by atoms with van der Waals surface area (Å²) in [6, 6.07) is 8.86. The summed E-state index contributed by atoms with van der Waals surface area (Å²) in [5.74, 6) is -3.10. The van der Waals surface area contributed by atoms with E-state index in [0.717, 1.165) is 0 Å². The maximum atomic E-state index is 13.0. The predicted molar refractivity (Wildman–Crippen MR) is 118 cm³/mol. The molecule has 9 heteroatoms. The van der Waals surface area contributed by atoms with Crippen molar-refractivity contribution < 1.29 is 42.7 Å². The number of methoxy groups -OCH3 is 1. The van der Waals surface area contributed by atoms with Gasteiger partial charge in [-0.2, -0.15) is 0 Å². The Hall–Kier alpha value is -1.59. The Bertz CT molecular complexity index is 848. The third-order valence-electron chi connectivity index (χ3n) is 6.85. The molecule has 4 unspecified atom stereocenters. The van der Waals surface area contributed by atoms with Crippen LogP contribution in [-0.2, 0) is 37.9 Å². The monoisotopic (exact) mass is 478 g/mol. The van der Waals surface area contributed by atoms with Crippen LogP contribution in [0.4, 0.5) is 0 Å². The third-order valence-corrected chi connectivity index (χ3v) is 6.85. The van der Waals surface area contributed by atoms with E-state index < -0.39 is 60.0 Å². The number of fused-ring (bicyclic) bond motifs is 2. The van der Waals surface area contributed by atoms with Crippen LogP contribution in [0.3, 0.4) is 0 Å². The summed E-state index contributed by atoms with van der Waals surface area (Å²) in [5.41, 5.74) is 0.450. The van der Waals surface area contributed by atoms with Gasteiger partial charge in [-0.25, -0.2) is 4.79 Å². The molecule has 1 aliphatic carbocycles. The van der Waals surface area contributed by atoms with Crippen LogP contribution in [0.2, 0.25) is 0 Å². The topological polar surface area (TPSA) is 90.9 Å². The van der Waals surface area contributed by atoms with E-state index in [1.807, 2.05) is 33.8 Å². The zero-order valence-electron chi connectivity index (χ0n) is 20.4. The third kappa shape index (κ3) is 4.51. The Labute approximate surface area is 199 Å². The lowest BCUT2D eigenvalue weighted by atomic mass is 9.84. The highest BCUT2D eigenvalue weighted by Crippen LogP contribution is 2.48. The number of carbonyl (C=O) groups excluding carboxylic acids is 1. The molecule has 0 radical (unpaired) electrons. The highest BCUT2D eigenvalue weighted by atomic mass is 16.8. The summed E-state index contributed by atoms with van der Waals surface area (Å²) in [5, 5.41) is 0. The molecule has 1 aromatic rings. The van der Waals surface area contributed by atoms with Crippen molar-refractivity contribution in [2.75, 3.05) is 20.3 Å².